The van der Waals surface area contributed by atoms with Crippen molar-refractivity contribution < 1.29 is 9.53 Å². The van der Waals surface area contributed by atoms with Crippen LogP contribution in [0.3, 0.4) is 0 Å². The summed E-state index contributed by atoms with van der Waals surface area (Å²) >= 11 is 1.71. The molecule has 1 amide bonds. The van der Waals surface area contributed by atoms with Gasteiger partial charge in [0.2, 0.25) is 0 Å². The summed E-state index contributed by atoms with van der Waals surface area (Å²) in [4.78, 5) is 16.8. The molecule has 6 nitrogen and oxygen atoms in total. The minimum atomic E-state index is -0.546. The molecule has 1 aromatic carbocycles. The molecule has 0 radical (unpaired) electrons. The van der Waals surface area contributed by atoms with Gasteiger partial charge in [0.25, 0.3) is 0 Å². The highest BCUT2D eigenvalue weighted by Crippen LogP contribution is 2.20. The van der Waals surface area contributed by atoms with Crippen molar-refractivity contribution in [2.45, 2.75) is 18.4 Å². The Labute approximate surface area is 139 Å². The Morgan fingerprint density at radius 2 is 2.00 bits per heavy atom. The van der Waals surface area contributed by atoms with E-state index in [9.17, 15) is 4.79 Å². The molecule has 0 atom stereocenters. The number of hydrogen-bond donors (Lipinski definition) is 3. The molecule has 7 heteroatoms. The number of hydrogen-bond acceptors (Lipinski definition) is 6. The minimum Gasteiger partial charge on any atom is -0.450 e. The van der Waals surface area contributed by atoms with Gasteiger partial charge in [-0.3, -0.25) is 5.32 Å². The molecule has 0 aliphatic carbocycles. The molecular weight excluding hydrogens is 312 g/mol. The lowest BCUT2D eigenvalue weighted by Gasteiger charge is -2.10. The first kappa shape index (κ1) is 17.0. The van der Waals surface area contributed by atoms with E-state index < -0.39 is 6.09 Å². The Morgan fingerprint density at radius 3 is 2.61 bits per heavy atom. The normalized spacial score (nSPS) is 10.2. The van der Waals surface area contributed by atoms with Crippen LogP contribution in [0.4, 0.5) is 22.1 Å². The lowest BCUT2D eigenvalue weighted by Crippen LogP contribution is -2.15. The van der Waals surface area contributed by atoms with Gasteiger partial charge in [0.05, 0.1) is 12.3 Å². The first-order valence-electron chi connectivity index (χ1n) is 7.19. The molecule has 0 unspecified atom stereocenters. The van der Waals surface area contributed by atoms with Crippen LogP contribution < -0.4 is 16.4 Å². The van der Waals surface area contributed by atoms with Gasteiger partial charge in [-0.15, -0.1) is 11.8 Å². The first-order chi connectivity index (χ1) is 11.1. The van der Waals surface area contributed by atoms with E-state index in [1.54, 1.807) is 30.8 Å². The number of pyridine rings is 1. The molecule has 0 saturated heterocycles. The molecule has 23 heavy (non-hydrogen) atoms. The number of anilines is 3. The largest absolute Gasteiger partial charge is 0.450 e. The molecule has 0 saturated carbocycles. The molecule has 2 aromatic rings. The second-order valence-corrected chi connectivity index (χ2v) is 5.56. The van der Waals surface area contributed by atoms with E-state index in [-0.39, 0.29) is 5.82 Å². The number of nitrogens with zero attached hydrogens (tertiary/aromatic N) is 1. The van der Waals surface area contributed by atoms with Crippen LogP contribution in [0.5, 0.6) is 0 Å². The molecule has 4 N–H and O–H groups in total. The van der Waals surface area contributed by atoms with Crippen molar-refractivity contribution in [1.82, 2.24) is 4.98 Å². The summed E-state index contributed by atoms with van der Waals surface area (Å²) in [6, 6.07) is 11.7. The van der Waals surface area contributed by atoms with Crippen LogP contribution >= 0.6 is 11.8 Å². The van der Waals surface area contributed by atoms with E-state index in [0.717, 1.165) is 5.56 Å². The number of ether oxygens (including phenoxy) is 1. The van der Waals surface area contributed by atoms with Crippen molar-refractivity contribution in [3.63, 3.8) is 0 Å². The number of nitrogen functional groups attached to an aromatic ring is 1. The molecule has 0 aliphatic rings. The monoisotopic (exact) mass is 332 g/mol. The summed E-state index contributed by atoms with van der Waals surface area (Å²) in [5.74, 6) is 0.881. The van der Waals surface area contributed by atoms with E-state index in [0.29, 0.717) is 24.7 Å². The van der Waals surface area contributed by atoms with Gasteiger partial charge in [0, 0.05) is 11.4 Å². The molecule has 0 fully saturated rings. The number of nitrogens with one attached hydrogen (secondary N) is 2. The van der Waals surface area contributed by atoms with Crippen molar-refractivity contribution in [2.24, 2.45) is 0 Å². The zero-order valence-corrected chi connectivity index (χ0v) is 13.9. The molecular formula is C16H20N4O2S. The van der Waals surface area contributed by atoms with Crippen LogP contribution in [0.15, 0.2) is 41.3 Å². The van der Waals surface area contributed by atoms with Crippen molar-refractivity contribution in [2.75, 3.05) is 29.2 Å². The molecule has 122 valence electrons. The quantitative estimate of drug-likeness (QED) is 0.701. The van der Waals surface area contributed by atoms with Gasteiger partial charge in [0.1, 0.15) is 11.6 Å². The Hall–Kier alpha value is -2.41. The van der Waals surface area contributed by atoms with Gasteiger partial charge in [-0.2, -0.15) is 0 Å². The average molecular weight is 332 g/mol. The van der Waals surface area contributed by atoms with Gasteiger partial charge >= 0.3 is 6.09 Å². The Morgan fingerprint density at radius 1 is 1.26 bits per heavy atom. The fourth-order valence-electron chi connectivity index (χ4n) is 1.89. The Balaban J connectivity index is 1.95. The van der Waals surface area contributed by atoms with Crippen LogP contribution in [-0.4, -0.2) is 23.9 Å². The minimum absolute atomic E-state index is 0.237. The molecule has 2 rings (SSSR count). The number of nitrogens with two attached hydrogens (primary N) is 1. The number of aromatic nitrogens is 1. The lowest BCUT2D eigenvalue weighted by atomic mass is 10.2. The maximum absolute atomic E-state index is 11.4. The zero-order valence-electron chi connectivity index (χ0n) is 13.1. The third-order valence-electron chi connectivity index (χ3n) is 3.07. The van der Waals surface area contributed by atoms with Gasteiger partial charge in [-0.1, -0.05) is 12.1 Å². The highest BCUT2D eigenvalue weighted by atomic mass is 32.2. The van der Waals surface area contributed by atoms with Crippen LogP contribution in [0.2, 0.25) is 0 Å². The third-order valence-corrected chi connectivity index (χ3v) is 3.81. The summed E-state index contributed by atoms with van der Waals surface area (Å²) in [6.07, 6.45) is 1.50. The van der Waals surface area contributed by atoms with Crippen LogP contribution in [0.25, 0.3) is 0 Å². The van der Waals surface area contributed by atoms with Crippen molar-refractivity contribution in [1.29, 1.82) is 0 Å². The van der Waals surface area contributed by atoms with Crippen LogP contribution in [0, 0.1) is 0 Å². The van der Waals surface area contributed by atoms with Gasteiger partial charge in [-0.05, 0) is 43.0 Å². The lowest BCUT2D eigenvalue weighted by molar-refractivity contribution is 0.168. The number of amides is 1. The maximum Gasteiger partial charge on any atom is 0.411 e. The molecule has 0 aliphatic heterocycles. The maximum atomic E-state index is 11.4. The Bertz CT molecular complexity index is 662. The SMILES string of the molecule is CCOC(=O)Nc1ccc(NCc2ccc(SC)cc2)nc1N. The van der Waals surface area contributed by atoms with E-state index in [1.165, 1.54) is 4.90 Å². The summed E-state index contributed by atoms with van der Waals surface area (Å²) < 4.78 is 4.80. The second-order valence-electron chi connectivity index (χ2n) is 4.68. The fraction of sp³-hybridized carbons (Fsp3) is 0.250. The smallest absolute Gasteiger partial charge is 0.411 e. The zero-order chi connectivity index (χ0) is 16.7. The van der Waals surface area contributed by atoms with Crippen molar-refractivity contribution in [3.8, 4) is 0 Å². The number of thioether (sulfide) groups is 1. The number of benzene rings is 1. The van der Waals surface area contributed by atoms with Crippen molar-refractivity contribution in [3.05, 3.63) is 42.0 Å². The number of rotatable bonds is 6. The number of carbonyl (C=O) groups excluding carboxylic acids is 1. The summed E-state index contributed by atoms with van der Waals surface area (Å²) in [5, 5.41) is 5.75. The topological polar surface area (TPSA) is 89.3 Å². The highest BCUT2D eigenvalue weighted by Gasteiger charge is 2.07. The van der Waals surface area contributed by atoms with E-state index in [2.05, 4.69) is 39.9 Å². The van der Waals surface area contributed by atoms with Crippen LogP contribution in [0.1, 0.15) is 12.5 Å². The Kier molecular flexibility index (Phi) is 6.10. The molecule has 1 aromatic heterocycles. The molecule has 0 spiro atoms. The molecule has 0 bridgehead atoms. The predicted octanol–water partition coefficient (Wildman–Crippen LogP) is 3.57. The summed E-state index contributed by atoms with van der Waals surface area (Å²) in [6.45, 7) is 2.68. The summed E-state index contributed by atoms with van der Waals surface area (Å²) in [7, 11) is 0. The highest BCUT2D eigenvalue weighted by molar-refractivity contribution is 7.98. The van der Waals surface area contributed by atoms with E-state index in [4.69, 9.17) is 10.5 Å². The van der Waals surface area contributed by atoms with Gasteiger partial charge < -0.3 is 15.8 Å². The summed E-state index contributed by atoms with van der Waals surface area (Å²) in [5.41, 5.74) is 7.43. The van der Waals surface area contributed by atoms with Gasteiger partial charge in [-0.25, -0.2) is 9.78 Å². The number of carbonyl (C=O) groups is 1. The first-order valence-corrected chi connectivity index (χ1v) is 8.42. The predicted molar refractivity (Wildman–Crippen MR) is 94.8 cm³/mol. The second kappa shape index (κ2) is 8.28. The average Bonchev–Trinajstić information content (AvgIpc) is 2.56. The van der Waals surface area contributed by atoms with Gasteiger partial charge in [0.15, 0.2) is 0 Å². The third kappa shape index (κ3) is 5.07. The van der Waals surface area contributed by atoms with Crippen molar-refractivity contribution >= 4 is 35.2 Å². The van der Waals surface area contributed by atoms with E-state index >= 15 is 0 Å². The standard InChI is InChI=1S/C16H20N4O2S/c1-3-22-16(21)19-13-8-9-14(20-15(13)17)18-10-11-4-6-12(23-2)7-5-11/h4-9H,3,10H2,1-2H3,(H,19,21)(H3,17,18,20). The van der Waals surface area contributed by atoms with Crippen LogP contribution in [-0.2, 0) is 11.3 Å². The van der Waals surface area contributed by atoms with E-state index in [1.807, 2.05) is 6.26 Å². The molecule has 1 heterocycles. The fourth-order valence-corrected chi connectivity index (χ4v) is 2.30.